The van der Waals surface area contributed by atoms with Crippen molar-refractivity contribution in [3.63, 3.8) is 0 Å². The summed E-state index contributed by atoms with van der Waals surface area (Å²) in [7, 11) is 0. The van der Waals surface area contributed by atoms with E-state index >= 15 is 0 Å². The number of benzene rings is 1. The Kier molecular flexibility index (Phi) is 6.99. The Morgan fingerprint density at radius 2 is 1.93 bits per heavy atom. The maximum Gasteiger partial charge on any atom is 0.260 e. The van der Waals surface area contributed by atoms with Crippen LogP contribution >= 0.6 is 0 Å². The number of hydrogen-bond acceptors (Lipinski definition) is 5. The second kappa shape index (κ2) is 9.85. The number of nitrogens with one attached hydrogen (secondary N) is 1. The smallest absolute Gasteiger partial charge is 0.260 e. The molecule has 2 aromatic heterocycles. The van der Waals surface area contributed by atoms with Gasteiger partial charge in [-0.15, -0.1) is 0 Å². The van der Waals surface area contributed by atoms with Crippen LogP contribution in [0.25, 0.3) is 16.9 Å². The zero-order chi connectivity index (χ0) is 20.6. The summed E-state index contributed by atoms with van der Waals surface area (Å²) < 4.78 is 1.80. The first-order chi connectivity index (χ1) is 14.1. The van der Waals surface area contributed by atoms with Crippen LogP contribution in [0.3, 0.4) is 0 Å². The van der Waals surface area contributed by atoms with Crippen molar-refractivity contribution >= 4 is 11.7 Å². The predicted octanol–water partition coefficient (Wildman–Crippen LogP) is 0.504. The Balaban J connectivity index is 1.68. The molecule has 9 heteroatoms. The molecular weight excluding hydrogens is 368 g/mol. The van der Waals surface area contributed by atoms with Gasteiger partial charge in [0.1, 0.15) is 0 Å². The molecule has 154 valence electrons. The van der Waals surface area contributed by atoms with E-state index in [0.717, 1.165) is 38.0 Å². The van der Waals surface area contributed by atoms with E-state index < -0.39 is 0 Å². The summed E-state index contributed by atoms with van der Waals surface area (Å²) in [4.78, 5) is 25.6. The SMILES string of the molecule is NCCCN(CCCN=C(N)N)Cc1ccc(-c2cn3ccnc3[nH]c2=O)cc1. The highest BCUT2D eigenvalue weighted by Gasteiger charge is 2.09. The molecule has 2 heterocycles. The van der Waals surface area contributed by atoms with Crippen molar-refractivity contribution in [2.45, 2.75) is 19.4 Å². The monoisotopic (exact) mass is 396 g/mol. The molecule has 0 amide bonds. The molecule has 7 N–H and O–H groups in total. The molecule has 1 aromatic carbocycles. The minimum absolute atomic E-state index is 0.123. The topological polar surface area (TPSA) is 144 Å². The predicted molar refractivity (Wildman–Crippen MR) is 115 cm³/mol. The van der Waals surface area contributed by atoms with Gasteiger partial charge >= 0.3 is 0 Å². The fraction of sp³-hybridized carbons (Fsp3) is 0.350. The van der Waals surface area contributed by atoms with Gasteiger partial charge in [-0.05, 0) is 37.1 Å². The molecule has 3 rings (SSSR count). The highest BCUT2D eigenvalue weighted by Crippen LogP contribution is 2.17. The van der Waals surface area contributed by atoms with Crippen molar-refractivity contribution < 1.29 is 0 Å². The normalized spacial score (nSPS) is 11.2. The van der Waals surface area contributed by atoms with E-state index in [1.807, 2.05) is 12.1 Å². The van der Waals surface area contributed by atoms with E-state index in [2.05, 4.69) is 32.0 Å². The lowest BCUT2D eigenvalue weighted by Crippen LogP contribution is -2.28. The highest BCUT2D eigenvalue weighted by atomic mass is 16.1. The van der Waals surface area contributed by atoms with Crippen LogP contribution in [0.5, 0.6) is 0 Å². The number of nitrogens with two attached hydrogens (primary N) is 3. The molecule has 0 aliphatic carbocycles. The summed E-state index contributed by atoms with van der Waals surface area (Å²) in [5.74, 6) is 0.657. The van der Waals surface area contributed by atoms with Crippen molar-refractivity contribution in [3.05, 3.63) is 58.8 Å². The summed E-state index contributed by atoms with van der Waals surface area (Å²) in [6, 6.07) is 8.06. The zero-order valence-electron chi connectivity index (χ0n) is 16.4. The average Bonchev–Trinajstić information content (AvgIpc) is 3.16. The number of aromatic amines is 1. The van der Waals surface area contributed by atoms with E-state index in [1.165, 1.54) is 5.56 Å². The number of H-pyrrole nitrogens is 1. The molecule has 0 atom stereocenters. The van der Waals surface area contributed by atoms with Crippen molar-refractivity contribution in [2.24, 2.45) is 22.2 Å². The summed E-state index contributed by atoms with van der Waals surface area (Å²) in [5.41, 5.74) is 18.9. The minimum Gasteiger partial charge on any atom is -0.370 e. The van der Waals surface area contributed by atoms with Crippen molar-refractivity contribution in [2.75, 3.05) is 26.2 Å². The molecule has 0 aliphatic rings. The zero-order valence-corrected chi connectivity index (χ0v) is 16.4. The lowest BCUT2D eigenvalue weighted by atomic mass is 10.1. The van der Waals surface area contributed by atoms with Crippen molar-refractivity contribution in [3.8, 4) is 11.1 Å². The standard InChI is InChI=1S/C20H28N8O/c21-7-1-10-27(11-2-8-24-19(22)23)13-15-3-5-16(6-4-15)17-14-28-12-9-25-20(28)26-18(17)29/h3-6,9,12,14H,1-2,7-8,10-11,13,21H2,(H4,22,23,24)(H,25,26,29). The number of fused-ring (bicyclic) bond motifs is 1. The molecular formula is C20H28N8O. The number of aromatic nitrogens is 3. The van der Waals surface area contributed by atoms with Gasteiger partial charge in [-0.25, -0.2) is 4.98 Å². The van der Waals surface area contributed by atoms with Crippen LogP contribution in [0.4, 0.5) is 0 Å². The quantitative estimate of drug-likeness (QED) is 0.223. The van der Waals surface area contributed by atoms with Crippen LogP contribution in [0.15, 0.2) is 52.6 Å². The molecule has 0 saturated heterocycles. The van der Waals surface area contributed by atoms with Gasteiger partial charge in [-0.2, -0.15) is 0 Å². The number of nitrogens with zero attached hydrogens (tertiary/aromatic N) is 4. The third kappa shape index (κ3) is 5.66. The van der Waals surface area contributed by atoms with Crippen LogP contribution in [0.2, 0.25) is 0 Å². The number of aliphatic imine (C=N–C) groups is 1. The number of guanidine groups is 1. The number of imidazole rings is 1. The maximum atomic E-state index is 12.3. The van der Waals surface area contributed by atoms with E-state index in [4.69, 9.17) is 17.2 Å². The van der Waals surface area contributed by atoms with Crippen LogP contribution in [0, 0.1) is 0 Å². The summed E-state index contributed by atoms with van der Waals surface area (Å²) in [5, 5.41) is 0. The van der Waals surface area contributed by atoms with Crippen LogP contribution in [-0.4, -0.2) is 51.4 Å². The van der Waals surface area contributed by atoms with Gasteiger partial charge in [-0.3, -0.25) is 24.1 Å². The van der Waals surface area contributed by atoms with Gasteiger partial charge in [0.15, 0.2) is 5.96 Å². The largest absolute Gasteiger partial charge is 0.370 e. The molecule has 0 saturated carbocycles. The Bertz CT molecular complexity index is 1000. The summed E-state index contributed by atoms with van der Waals surface area (Å²) in [6.07, 6.45) is 7.07. The van der Waals surface area contributed by atoms with Crippen LogP contribution in [0.1, 0.15) is 18.4 Å². The molecule has 0 aliphatic heterocycles. The first kappa shape index (κ1) is 20.6. The van der Waals surface area contributed by atoms with Gasteiger partial charge in [0.05, 0.1) is 5.56 Å². The third-order valence-corrected chi connectivity index (χ3v) is 4.68. The van der Waals surface area contributed by atoms with Gasteiger partial charge in [-0.1, -0.05) is 24.3 Å². The average molecular weight is 396 g/mol. The first-order valence-corrected chi connectivity index (χ1v) is 9.70. The highest BCUT2D eigenvalue weighted by molar-refractivity contribution is 5.75. The van der Waals surface area contributed by atoms with E-state index in [1.54, 1.807) is 23.0 Å². The second-order valence-electron chi connectivity index (χ2n) is 6.93. The van der Waals surface area contributed by atoms with E-state index in [0.29, 0.717) is 24.4 Å². The fourth-order valence-electron chi connectivity index (χ4n) is 3.22. The summed E-state index contributed by atoms with van der Waals surface area (Å²) >= 11 is 0. The Hall–Kier alpha value is -3.17. The molecule has 0 bridgehead atoms. The van der Waals surface area contributed by atoms with Gasteiger partial charge in [0.25, 0.3) is 5.56 Å². The van der Waals surface area contributed by atoms with Gasteiger partial charge < -0.3 is 17.2 Å². The molecule has 0 unspecified atom stereocenters. The molecule has 0 spiro atoms. The molecule has 0 radical (unpaired) electrons. The van der Waals surface area contributed by atoms with Crippen molar-refractivity contribution in [1.29, 1.82) is 0 Å². The molecule has 3 aromatic rings. The first-order valence-electron chi connectivity index (χ1n) is 9.70. The Morgan fingerprint density at radius 1 is 1.17 bits per heavy atom. The molecule has 9 nitrogen and oxygen atoms in total. The van der Waals surface area contributed by atoms with E-state index in [9.17, 15) is 4.79 Å². The Morgan fingerprint density at radius 3 is 2.66 bits per heavy atom. The van der Waals surface area contributed by atoms with Crippen LogP contribution < -0.4 is 22.8 Å². The fourth-order valence-corrected chi connectivity index (χ4v) is 3.22. The maximum absolute atomic E-state index is 12.3. The molecule has 29 heavy (non-hydrogen) atoms. The van der Waals surface area contributed by atoms with Crippen molar-refractivity contribution in [1.82, 2.24) is 19.3 Å². The van der Waals surface area contributed by atoms with E-state index in [-0.39, 0.29) is 11.5 Å². The third-order valence-electron chi connectivity index (χ3n) is 4.68. The minimum atomic E-state index is -0.152. The lowest BCUT2D eigenvalue weighted by Gasteiger charge is -2.22. The van der Waals surface area contributed by atoms with Gasteiger partial charge in [0.2, 0.25) is 5.78 Å². The number of rotatable bonds is 10. The summed E-state index contributed by atoms with van der Waals surface area (Å²) in [6.45, 7) is 3.87. The second-order valence-corrected chi connectivity index (χ2v) is 6.93. The lowest BCUT2D eigenvalue weighted by molar-refractivity contribution is 0.262. The van der Waals surface area contributed by atoms with Crippen LogP contribution in [-0.2, 0) is 6.54 Å². The Labute approximate surface area is 169 Å². The van der Waals surface area contributed by atoms with Gasteiger partial charge in [0, 0.05) is 38.2 Å². The number of hydrogen-bond donors (Lipinski definition) is 4. The molecule has 0 fully saturated rings.